The number of methoxy groups -OCH3 is 1. The summed E-state index contributed by atoms with van der Waals surface area (Å²) in [4.78, 5) is 11.5. The van der Waals surface area contributed by atoms with E-state index in [1.165, 1.54) is 24.1 Å². The molecule has 2 heterocycles. The summed E-state index contributed by atoms with van der Waals surface area (Å²) in [6, 6.07) is 6.38. The summed E-state index contributed by atoms with van der Waals surface area (Å²) in [5, 5.41) is 10.4. The Morgan fingerprint density at radius 1 is 1.33 bits per heavy atom. The molecule has 1 aromatic heterocycles. The van der Waals surface area contributed by atoms with Gasteiger partial charge in [-0.05, 0) is 58.7 Å². The predicted octanol–water partition coefficient (Wildman–Crippen LogP) is 3.91. The van der Waals surface area contributed by atoms with E-state index >= 15 is 0 Å². The van der Waals surface area contributed by atoms with Crippen LogP contribution >= 0.6 is 11.3 Å². The Kier molecular flexibility index (Phi) is 8.10. The first-order valence-electron chi connectivity index (χ1n) is 10.7. The van der Waals surface area contributed by atoms with Crippen LogP contribution in [0.15, 0.2) is 28.6 Å². The van der Waals surface area contributed by atoms with Crippen LogP contribution in [-0.4, -0.2) is 49.6 Å². The molecule has 0 aliphatic carbocycles. The molecule has 0 amide bonds. The number of aromatic nitrogens is 1. The topological polar surface area (TPSA) is 61.8 Å². The van der Waals surface area contributed by atoms with Gasteiger partial charge in [-0.3, -0.25) is 9.89 Å². The van der Waals surface area contributed by atoms with Crippen LogP contribution in [0, 0.1) is 19.8 Å². The van der Waals surface area contributed by atoms with Crippen LogP contribution < -0.4 is 15.4 Å². The fraction of sp³-hybridized carbons (Fsp3) is 0.565. The smallest absolute Gasteiger partial charge is 0.191 e. The Morgan fingerprint density at radius 3 is 2.73 bits per heavy atom. The maximum atomic E-state index is 5.54. The van der Waals surface area contributed by atoms with E-state index in [1.54, 1.807) is 18.4 Å². The van der Waals surface area contributed by atoms with Crippen LogP contribution in [0.25, 0.3) is 0 Å². The second kappa shape index (κ2) is 10.8. The van der Waals surface area contributed by atoms with Crippen LogP contribution in [0.1, 0.15) is 47.6 Å². The molecule has 1 aliphatic rings. The van der Waals surface area contributed by atoms with Gasteiger partial charge >= 0.3 is 0 Å². The molecule has 0 radical (unpaired) electrons. The molecule has 30 heavy (non-hydrogen) atoms. The molecule has 1 aromatic carbocycles. The standard InChI is InChI=1S/C23H35N5OS/c1-16-6-7-22(29-5)21(12-16)17(2)26-23(24-4)25-13-19-8-10-28(11-9-19)14-20-15-30-18(3)27-20/h6-7,12,15,17,19H,8-11,13-14H2,1-5H3,(H2,24,25,26). The summed E-state index contributed by atoms with van der Waals surface area (Å²) in [5.74, 6) is 2.41. The molecule has 6 nitrogen and oxygen atoms in total. The zero-order chi connectivity index (χ0) is 21.5. The molecule has 7 heteroatoms. The number of nitrogens with zero attached hydrogens (tertiary/aromatic N) is 3. The Balaban J connectivity index is 1.45. The van der Waals surface area contributed by atoms with Gasteiger partial charge in [-0.15, -0.1) is 11.3 Å². The minimum Gasteiger partial charge on any atom is -0.496 e. The molecule has 0 saturated carbocycles. The zero-order valence-electron chi connectivity index (χ0n) is 18.9. The van der Waals surface area contributed by atoms with E-state index in [4.69, 9.17) is 4.74 Å². The monoisotopic (exact) mass is 429 g/mol. The van der Waals surface area contributed by atoms with Crippen molar-refractivity contribution in [1.82, 2.24) is 20.5 Å². The van der Waals surface area contributed by atoms with Gasteiger partial charge in [0.25, 0.3) is 0 Å². The normalized spacial score (nSPS) is 17.0. The Labute approximate surface area is 184 Å². The number of thiazole rings is 1. The van der Waals surface area contributed by atoms with Crippen molar-refractivity contribution < 1.29 is 4.74 Å². The number of hydrogen-bond donors (Lipinski definition) is 2. The molecular weight excluding hydrogens is 394 g/mol. The molecule has 3 rings (SSSR count). The Bertz CT molecular complexity index is 842. The lowest BCUT2D eigenvalue weighted by Crippen LogP contribution is -2.43. The van der Waals surface area contributed by atoms with Crippen molar-refractivity contribution in [2.24, 2.45) is 10.9 Å². The van der Waals surface area contributed by atoms with Crippen LogP contribution in [0.4, 0.5) is 0 Å². The average molecular weight is 430 g/mol. The third-order valence-corrected chi connectivity index (χ3v) is 6.57. The van der Waals surface area contributed by atoms with E-state index in [-0.39, 0.29) is 6.04 Å². The van der Waals surface area contributed by atoms with Crippen LogP contribution in [-0.2, 0) is 6.54 Å². The van der Waals surface area contributed by atoms with E-state index < -0.39 is 0 Å². The summed E-state index contributed by atoms with van der Waals surface area (Å²) in [5.41, 5.74) is 3.58. The lowest BCUT2D eigenvalue weighted by Gasteiger charge is -2.32. The van der Waals surface area contributed by atoms with Gasteiger partial charge < -0.3 is 15.4 Å². The fourth-order valence-corrected chi connectivity index (χ4v) is 4.57. The lowest BCUT2D eigenvalue weighted by atomic mass is 9.97. The Hall–Kier alpha value is -2.12. The lowest BCUT2D eigenvalue weighted by molar-refractivity contribution is 0.176. The van der Waals surface area contributed by atoms with Crippen molar-refractivity contribution in [1.29, 1.82) is 0 Å². The minimum absolute atomic E-state index is 0.106. The highest BCUT2D eigenvalue weighted by molar-refractivity contribution is 7.09. The number of piperidine rings is 1. The molecule has 1 saturated heterocycles. The Morgan fingerprint density at radius 2 is 2.10 bits per heavy atom. The van der Waals surface area contributed by atoms with Crippen molar-refractivity contribution in [2.75, 3.05) is 33.8 Å². The second-order valence-electron chi connectivity index (χ2n) is 8.14. The summed E-state index contributed by atoms with van der Waals surface area (Å²) in [7, 11) is 3.55. The molecule has 0 spiro atoms. The van der Waals surface area contributed by atoms with Crippen molar-refractivity contribution in [3.05, 3.63) is 45.4 Å². The molecule has 2 N–H and O–H groups in total. The first-order valence-corrected chi connectivity index (χ1v) is 11.6. The molecule has 1 fully saturated rings. The number of guanidine groups is 1. The molecule has 164 valence electrons. The number of hydrogen-bond acceptors (Lipinski definition) is 5. The average Bonchev–Trinajstić information content (AvgIpc) is 3.16. The van der Waals surface area contributed by atoms with Crippen molar-refractivity contribution in [3.8, 4) is 5.75 Å². The first kappa shape index (κ1) is 22.6. The number of aryl methyl sites for hydroxylation is 2. The van der Waals surface area contributed by atoms with Crippen LogP contribution in [0.2, 0.25) is 0 Å². The highest BCUT2D eigenvalue weighted by Crippen LogP contribution is 2.26. The highest BCUT2D eigenvalue weighted by Gasteiger charge is 2.20. The van der Waals surface area contributed by atoms with Crippen LogP contribution in [0.5, 0.6) is 5.75 Å². The second-order valence-corrected chi connectivity index (χ2v) is 9.20. The minimum atomic E-state index is 0.106. The van der Waals surface area contributed by atoms with E-state index in [2.05, 4.69) is 63.8 Å². The first-order chi connectivity index (χ1) is 14.5. The van der Waals surface area contributed by atoms with Gasteiger partial charge in [0.15, 0.2) is 5.96 Å². The molecule has 1 unspecified atom stereocenters. The summed E-state index contributed by atoms with van der Waals surface area (Å²) < 4.78 is 5.54. The summed E-state index contributed by atoms with van der Waals surface area (Å²) in [6.45, 7) is 10.5. The molecule has 1 aliphatic heterocycles. The molecule has 2 aromatic rings. The quantitative estimate of drug-likeness (QED) is 0.516. The maximum Gasteiger partial charge on any atom is 0.191 e. The van der Waals surface area contributed by atoms with E-state index in [9.17, 15) is 0 Å². The van der Waals surface area contributed by atoms with E-state index in [1.807, 2.05) is 13.1 Å². The van der Waals surface area contributed by atoms with Crippen molar-refractivity contribution in [3.63, 3.8) is 0 Å². The van der Waals surface area contributed by atoms with Gasteiger partial charge in [-0.1, -0.05) is 17.7 Å². The number of benzene rings is 1. The van der Waals surface area contributed by atoms with Crippen LogP contribution in [0.3, 0.4) is 0 Å². The number of aliphatic imine (C=N–C) groups is 1. The molecule has 1 atom stereocenters. The third-order valence-electron chi connectivity index (χ3n) is 5.75. The maximum absolute atomic E-state index is 5.54. The number of likely N-dealkylation sites (tertiary alicyclic amines) is 1. The van der Waals surface area contributed by atoms with Gasteiger partial charge in [0.2, 0.25) is 0 Å². The van der Waals surface area contributed by atoms with E-state index in [0.29, 0.717) is 5.92 Å². The van der Waals surface area contributed by atoms with Gasteiger partial charge in [0.1, 0.15) is 5.75 Å². The molecule has 0 bridgehead atoms. The van der Waals surface area contributed by atoms with E-state index in [0.717, 1.165) is 48.5 Å². The van der Waals surface area contributed by atoms with Crippen molar-refractivity contribution in [2.45, 2.75) is 46.2 Å². The molecular formula is C23H35N5OS. The fourth-order valence-electron chi connectivity index (χ4n) is 3.97. The van der Waals surface area contributed by atoms with Gasteiger partial charge in [0, 0.05) is 31.1 Å². The largest absolute Gasteiger partial charge is 0.496 e. The summed E-state index contributed by atoms with van der Waals surface area (Å²) >= 11 is 1.74. The van der Waals surface area contributed by atoms with Gasteiger partial charge in [-0.2, -0.15) is 0 Å². The highest BCUT2D eigenvalue weighted by atomic mass is 32.1. The predicted molar refractivity (Wildman–Crippen MR) is 125 cm³/mol. The van der Waals surface area contributed by atoms with Gasteiger partial charge in [-0.25, -0.2) is 4.98 Å². The number of ether oxygens (including phenoxy) is 1. The third kappa shape index (κ3) is 6.19. The zero-order valence-corrected chi connectivity index (χ0v) is 19.7. The van der Waals surface area contributed by atoms with Gasteiger partial charge in [0.05, 0.1) is 23.9 Å². The number of nitrogens with one attached hydrogen (secondary N) is 2. The van der Waals surface area contributed by atoms with Crippen molar-refractivity contribution >= 4 is 17.3 Å². The number of rotatable bonds is 7. The SMILES string of the molecule is CN=C(NCC1CCN(Cc2csc(C)n2)CC1)NC(C)c1cc(C)ccc1OC. The summed E-state index contributed by atoms with van der Waals surface area (Å²) in [6.07, 6.45) is 2.41.